The molecule has 8 heteroatoms. The Morgan fingerprint density at radius 3 is 2.90 bits per heavy atom. The first-order valence-electron chi connectivity index (χ1n) is 6.80. The molecule has 0 bridgehead atoms. The first kappa shape index (κ1) is 12.8. The van der Waals surface area contributed by atoms with Gasteiger partial charge >= 0.3 is 0 Å². The Labute approximate surface area is 125 Å². The van der Waals surface area contributed by atoms with Crippen LogP contribution in [0.25, 0.3) is 10.7 Å². The van der Waals surface area contributed by atoms with Crippen LogP contribution in [0.2, 0.25) is 0 Å². The van der Waals surface area contributed by atoms with E-state index in [-0.39, 0.29) is 0 Å². The molecule has 0 aliphatic carbocycles. The third-order valence-electron chi connectivity index (χ3n) is 3.63. The first-order valence-corrected chi connectivity index (χ1v) is 7.61. The average Bonchev–Trinajstić information content (AvgIpc) is 2.84. The van der Waals surface area contributed by atoms with Gasteiger partial charge in [-0.25, -0.2) is 15.0 Å². The van der Waals surface area contributed by atoms with Gasteiger partial charge in [0.1, 0.15) is 6.61 Å². The fourth-order valence-electron chi connectivity index (χ4n) is 2.47. The molecule has 0 radical (unpaired) electrons. The van der Waals surface area contributed by atoms with Crippen LogP contribution in [-0.2, 0) is 4.74 Å². The SMILES string of the molecule is Cc1ncc(-c2nc(N)c3c(n2)N(C2COC2)CCO3)s1. The van der Waals surface area contributed by atoms with Crippen molar-refractivity contribution in [1.29, 1.82) is 0 Å². The molecule has 0 amide bonds. The zero-order valence-electron chi connectivity index (χ0n) is 11.6. The molecule has 4 heterocycles. The molecule has 2 aliphatic heterocycles. The second kappa shape index (κ2) is 4.81. The van der Waals surface area contributed by atoms with Crippen molar-refractivity contribution in [2.45, 2.75) is 13.0 Å². The molecular formula is C13H15N5O2S. The van der Waals surface area contributed by atoms with Gasteiger partial charge in [-0.05, 0) is 6.92 Å². The number of nitrogen functional groups attached to an aromatic ring is 1. The summed E-state index contributed by atoms with van der Waals surface area (Å²) in [6.07, 6.45) is 1.78. The quantitative estimate of drug-likeness (QED) is 0.888. The molecule has 0 atom stereocenters. The van der Waals surface area contributed by atoms with Crippen LogP contribution in [0, 0.1) is 6.92 Å². The minimum atomic E-state index is 0.345. The van der Waals surface area contributed by atoms with Gasteiger partial charge in [0.25, 0.3) is 0 Å². The number of fused-ring (bicyclic) bond motifs is 1. The maximum atomic E-state index is 6.06. The summed E-state index contributed by atoms with van der Waals surface area (Å²) < 4.78 is 10.9. The van der Waals surface area contributed by atoms with E-state index in [1.807, 2.05) is 6.92 Å². The fraction of sp³-hybridized carbons (Fsp3) is 0.462. The second-order valence-electron chi connectivity index (χ2n) is 5.06. The van der Waals surface area contributed by atoms with Crippen molar-refractivity contribution in [3.05, 3.63) is 11.2 Å². The highest BCUT2D eigenvalue weighted by molar-refractivity contribution is 7.14. The van der Waals surface area contributed by atoms with Gasteiger partial charge in [0.15, 0.2) is 17.5 Å². The van der Waals surface area contributed by atoms with Crippen molar-refractivity contribution in [1.82, 2.24) is 15.0 Å². The first-order chi connectivity index (χ1) is 10.2. The molecule has 4 rings (SSSR count). The van der Waals surface area contributed by atoms with E-state index in [1.54, 1.807) is 17.5 Å². The zero-order chi connectivity index (χ0) is 14.4. The Bertz CT molecular complexity index is 685. The van der Waals surface area contributed by atoms with Crippen LogP contribution in [0.5, 0.6) is 5.75 Å². The van der Waals surface area contributed by atoms with Gasteiger partial charge in [-0.15, -0.1) is 11.3 Å². The minimum absolute atomic E-state index is 0.345. The smallest absolute Gasteiger partial charge is 0.204 e. The third kappa shape index (κ3) is 2.11. The van der Waals surface area contributed by atoms with Crippen LogP contribution < -0.4 is 15.4 Å². The number of hydrogen-bond acceptors (Lipinski definition) is 8. The number of thiazole rings is 1. The van der Waals surface area contributed by atoms with Crippen LogP contribution in [0.3, 0.4) is 0 Å². The van der Waals surface area contributed by atoms with E-state index in [1.165, 1.54) is 0 Å². The Hall–Kier alpha value is -1.93. The van der Waals surface area contributed by atoms with Crippen LogP contribution in [0.4, 0.5) is 11.6 Å². The van der Waals surface area contributed by atoms with Gasteiger partial charge < -0.3 is 20.1 Å². The van der Waals surface area contributed by atoms with Crippen molar-refractivity contribution in [3.8, 4) is 16.5 Å². The lowest BCUT2D eigenvalue weighted by Gasteiger charge is -2.40. The molecule has 110 valence electrons. The molecule has 0 aromatic carbocycles. The zero-order valence-corrected chi connectivity index (χ0v) is 12.4. The van der Waals surface area contributed by atoms with E-state index in [0.717, 1.165) is 35.5 Å². The highest BCUT2D eigenvalue weighted by Gasteiger charge is 2.33. The lowest BCUT2D eigenvalue weighted by atomic mass is 10.2. The number of rotatable bonds is 2. The third-order valence-corrected chi connectivity index (χ3v) is 4.54. The fourth-order valence-corrected chi connectivity index (χ4v) is 3.19. The Morgan fingerprint density at radius 2 is 2.24 bits per heavy atom. The van der Waals surface area contributed by atoms with E-state index >= 15 is 0 Å². The number of ether oxygens (including phenoxy) is 2. The van der Waals surface area contributed by atoms with Crippen molar-refractivity contribution < 1.29 is 9.47 Å². The topological polar surface area (TPSA) is 86.4 Å². The maximum absolute atomic E-state index is 6.06. The van der Waals surface area contributed by atoms with Crippen molar-refractivity contribution >= 4 is 23.0 Å². The summed E-state index contributed by atoms with van der Waals surface area (Å²) >= 11 is 1.55. The van der Waals surface area contributed by atoms with Gasteiger partial charge in [-0.2, -0.15) is 0 Å². The molecule has 0 saturated carbocycles. The highest BCUT2D eigenvalue weighted by atomic mass is 32.1. The second-order valence-corrected chi connectivity index (χ2v) is 6.30. The molecule has 1 saturated heterocycles. The Morgan fingerprint density at radius 1 is 1.38 bits per heavy atom. The van der Waals surface area contributed by atoms with E-state index in [9.17, 15) is 0 Å². The lowest BCUT2D eigenvalue weighted by Crippen LogP contribution is -2.52. The number of aryl methyl sites for hydroxylation is 1. The molecule has 2 aliphatic rings. The predicted octanol–water partition coefficient (Wildman–Crippen LogP) is 1.09. The van der Waals surface area contributed by atoms with Crippen LogP contribution in [0.1, 0.15) is 5.01 Å². The van der Waals surface area contributed by atoms with Crippen LogP contribution in [0.15, 0.2) is 6.20 Å². The standard InChI is InChI=1S/C13H15N5O2S/c1-7-15-4-9(21-7)12-16-11(14)10-13(17-12)18(2-3-20-10)8-5-19-6-8/h4,8H,2-3,5-6H2,1H3,(H2,14,16,17). The largest absolute Gasteiger partial charge is 0.485 e. The predicted molar refractivity (Wildman–Crippen MR) is 79.7 cm³/mol. The maximum Gasteiger partial charge on any atom is 0.204 e. The van der Waals surface area contributed by atoms with Crippen molar-refractivity contribution in [3.63, 3.8) is 0 Å². The summed E-state index contributed by atoms with van der Waals surface area (Å²) in [6, 6.07) is 0.345. The van der Waals surface area contributed by atoms with Crippen molar-refractivity contribution in [2.75, 3.05) is 37.0 Å². The molecule has 2 aromatic heterocycles. The summed E-state index contributed by atoms with van der Waals surface area (Å²) in [5.74, 6) is 2.33. The monoisotopic (exact) mass is 305 g/mol. The Balaban J connectivity index is 1.79. The normalized spacial score (nSPS) is 18.0. The molecule has 21 heavy (non-hydrogen) atoms. The summed E-state index contributed by atoms with van der Waals surface area (Å²) in [5.41, 5.74) is 6.06. The summed E-state index contributed by atoms with van der Waals surface area (Å²) in [6.45, 7) is 4.78. The summed E-state index contributed by atoms with van der Waals surface area (Å²) in [7, 11) is 0. The van der Waals surface area contributed by atoms with Crippen LogP contribution >= 0.6 is 11.3 Å². The van der Waals surface area contributed by atoms with Gasteiger partial charge in [-0.3, -0.25) is 0 Å². The number of hydrogen-bond donors (Lipinski definition) is 1. The molecule has 1 fully saturated rings. The number of aromatic nitrogens is 3. The van der Waals surface area contributed by atoms with E-state index in [0.29, 0.717) is 30.0 Å². The Kier molecular flexibility index (Phi) is 2.93. The van der Waals surface area contributed by atoms with Gasteiger partial charge in [0.05, 0.1) is 35.7 Å². The summed E-state index contributed by atoms with van der Waals surface area (Å²) in [5, 5.41) is 0.977. The molecular weight excluding hydrogens is 290 g/mol. The van der Waals surface area contributed by atoms with Crippen LogP contribution in [-0.4, -0.2) is 47.4 Å². The van der Waals surface area contributed by atoms with E-state index in [2.05, 4.69) is 19.9 Å². The molecule has 0 spiro atoms. The van der Waals surface area contributed by atoms with Gasteiger partial charge in [-0.1, -0.05) is 0 Å². The van der Waals surface area contributed by atoms with Gasteiger partial charge in [0, 0.05) is 6.20 Å². The number of anilines is 2. The number of nitrogens with zero attached hydrogens (tertiary/aromatic N) is 4. The molecule has 0 unspecified atom stereocenters. The molecule has 2 aromatic rings. The average molecular weight is 305 g/mol. The van der Waals surface area contributed by atoms with E-state index in [4.69, 9.17) is 15.2 Å². The molecule has 7 nitrogen and oxygen atoms in total. The highest BCUT2D eigenvalue weighted by Crippen LogP contribution is 2.38. The molecule has 2 N–H and O–H groups in total. The lowest BCUT2D eigenvalue weighted by molar-refractivity contribution is 0.00560. The van der Waals surface area contributed by atoms with Gasteiger partial charge in [0.2, 0.25) is 5.75 Å². The summed E-state index contributed by atoms with van der Waals surface area (Å²) in [4.78, 5) is 16.4. The number of nitrogens with two attached hydrogens (primary N) is 1. The van der Waals surface area contributed by atoms with Crippen molar-refractivity contribution in [2.24, 2.45) is 0 Å². The minimum Gasteiger partial charge on any atom is -0.485 e. The van der Waals surface area contributed by atoms with E-state index < -0.39 is 0 Å².